The molecule has 0 radical (unpaired) electrons. The topological polar surface area (TPSA) is 20.3 Å². The molecule has 1 aliphatic heterocycles. The number of ketones is 1. The summed E-state index contributed by atoms with van der Waals surface area (Å²) in [6, 6.07) is 14.6. The van der Waals surface area contributed by atoms with E-state index in [0.29, 0.717) is 28.8 Å². The third-order valence-corrected chi connectivity index (χ3v) is 5.85. The highest BCUT2D eigenvalue weighted by molar-refractivity contribution is 6.14. The van der Waals surface area contributed by atoms with Crippen LogP contribution in [0, 0.1) is 5.82 Å². The lowest BCUT2D eigenvalue weighted by atomic mass is 9.93. The highest BCUT2D eigenvalue weighted by Gasteiger charge is 2.31. The van der Waals surface area contributed by atoms with Gasteiger partial charge >= 0.3 is 12.4 Å². The molecule has 37 heavy (non-hydrogen) atoms. The fraction of sp³-hybridized carbons (Fsp3) is 0.179. The maximum Gasteiger partial charge on any atom is 0.416 e. The molecule has 4 rings (SSSR count). The Morgan fingerprint density at radius 3 is 1.43 bits per heavy atom. The molecule has 1 heterocycles. The van der Waals surface area contributed by atoms with Crippen molar-refractivity contribution in [2.45, 2.75) is 18.9 Å². The summed E-state index contributed by atoms with van der Waals surface area (Å²) in [5.74, 6) is -0.751. The number of likely N-dealkylation sites (tertiary alicyclic amines) is 1. The smallest absolute Gasteiger partial charge is 0.290 e. The van der Waals surface area contributed by atoms with Gasteiger partial charge in [0.05, 0.1) is 11.1 Å². The fourth-order valence-electron chi connectivity index (χ4n) is 4.01. The summed E-state index contributed by atoms with van der Waals surface area (Å²) in [7, 11) is 0. The van der Waals surface area contributed by atoms with Gasteiger partial charge in [0, 0.05) is 30.8 Å². The number of rotatable bonds is 4. The number of piperidine rings is 1. The van der Waals surface area contributed by atoms with Crippen LogP contribution in [0.1, 0.15) is 27.8 Å². The Morgan fingerprint density at radius 1 is 0.649 bits per heavy atom. The normalized spacial score (nSPS) is 17.5. The van der Waals surface area contributed by atoms with Crippen LogP contribution < -0.4 is 0 Å². The first-order chi connectivity index (χ1) is 17.4. The summed E-state index contributed by atoms with van der Waals surface area (Å²) in [4.78, 5) is 15.1. The third kappa shape index (κ3) is 6.74. The van der Waals surface area contributed by atoms with Crippen LogP contribution in [-0.2, 0) is 23.7 Å². The monoisotopic (exact) mass is 519 g/mol. The minimum atomic E-state index is -4.49. The summed E-state index contributed by atoms with van der Waals surface area (Å²) in [5.41, 5.74) is 0.565. The van der Waals surface area contributed by atoms with Crippen LogP contribution in [0.5, 0.6) is 0 Å². The Balaban J connectivity index is 1.66. The third-order valence-electron chi connectivity index (χ3n) is 5.85. The van der Waals surface area contributed by atoms with Gasteiger partial charge in [-0.1, -0.05) is 36.4 Å². The summed E-state index contributed by atoms with van der Waals surface area (Å²) in [6.07, 6.45) is -5.98. The Bertz CT molecular complexity index is 1240. The zero-order valence-electron chi connectivity index (χ0n) is 19.2. The number of alkyl halides is 6. The minimum absolute atomic E-state index is 0.182. The van der Waals surface area contributed by atoms with Crippen LogP contribution >= 0.6 is 0 Å². The number of carbonyl (C=O) groups excluding carboxylic acids is 1. The molecule has 0 bridgehead atoms. The summed E-state index contributed by atoms with van der Waals surface area (Å²) in [5, 5.41) is 0. The molecule has 3 aromatic carbocycles. The van der Waals surface area contributed by atoms with Crippen molar-refractivity contribution in [1.29, 1.82) is 0 Å². The number of carbonyl (C=O) groups is 1. The number of benzene rings is 3. The van der Waals surface area contributed by atoms with Crippen molar-refractivity contribution in [2.75, 3.05) is 13.1 Å². The lowest BCUT2D eigenvalue weighted by Crippen LogP contribution is -2.37. The van der Waals surface area contributed by atoms with E-state index in [4.69, 9.17) is 0 Å². The second-order valence-corrected chi connectivity index (χ2v) is 8.68. The van der Waals surface area contributed by atoms with E-state index in [2.05, 4.69) is 0 Å². The van der Waals surface area contributed by atoms with Gasteiger partial charge in [0.15, 0.2) is 5.78 Å². The molecule has 1 fully saturated rings. The predicted octanol–water partition coefficient (Wildman–Crippen LogP) is 7.42. The van der Waals surface area contributed by atoms with Crippen molar-refractivity contribution in [2.24, 2.45) is 0 Å². The maximum atomic E-state index is 13.3. The molecule has 0 unspecified atom stereocenters. The molecule has 0 amide bonds. The lowest BCUT2D eigenvalue weighted by Gasteiger charge is -2.30. The first-order valence-corrected chi connectivity index (χ1v) is 11.2. The second kappa shape index (κ2) is 10.3. The van der Waals surface area contributed by atoms with Gasteiger partial charge in [-0.05, 0) is 65.2 Å². The maximum absolute atomic E-state index is 13.3. The lowest BCUT2D eigenvalue weighted by molar-refractivity contribution is -0.138. The van der Waals surface area contributed by atoms with Gasteiger partial charge in [-0.15, -0.1) is 0 Å². The van der Waals surface area contributed by atoms with E-state index in [-0.39, 0.29) is 18.9 Å². The second-order valence-electron chi connectivity index (χ2n) is 8.68. The summed E-state index contributed by atoms with van der Waals surface area (Å²) in [6.45, 7) is 0.714. The van der Waals surface area contributed by atoms with Crippen molar-refractivity contribution >= 4 is 17.9 Å². The largest absolute Gasteiger partial charge is 0.416 e. The van der Waals surface area contributed by atoms with Crippen molar-refractivity contribution in [3.05, 3.63) is 118 Å². The number of Topliss-reactive ketones (excluding diaryl/α,β-unsaturated/α-hetero) is 1. The number of hydrogen-bond donors (Lipinski definition) is 0. The number of hydrogen-bond acceptors (Lipinski definition) is 2. The molecule has 1 aliphatic rings. The quantitative estimate of drug-likeness (QED) is 0.264. The first kappa shape index (κ1) is 26.3. The Hall–Kier alpha value is -3.72. The van der Waals surface area contributed by atoms with E-state index in [1.807, 2.05) is 4.90 Å². The molecule has 0 saturated carbocycles. The molecule has 0 N–H and O–H groups in total. The molecule has 1 saturated heterocycles. The Kier molecular flexibility index (Phi) is 7.36. The molecule has 0 spiro atoms. The van der Waals surface area contributed by atoms with Gasteiger partial charge in [-0.3, -0.25) is 9.69 Å². The van der Waals surface area contributed by atoms with E-state index in [1.54, 1.807) is 12.1 Å². The van der Waals surface area contributed by atoms with Gasteiger partial charge in [0.2, 0.25) is 0 Å². The Morgan fingerprint density at radius 2 is 1.05 bits per heavy atom. The zero-order valence-corrected chi connectivity index (χ0v) is 19.2. The molecule has 0 atom stereocenters. The molecular formula is C28H20F7NO. The van der Waals surface area contributed by atoms with E-state index in [0.717, 1.165) is 29.8 Å². The fourth-order valence-corrected chi connectivity index (χ4v) is 4.01. The molecule has 192 valence electrons. The van der Waals surface area contributed by atoms with Crippen molar-refractivity contribution < 1.29 is 35.5 Å². The highest BCUT2D eigenvalue weighted by atomic mass is 19.4. The predicted molar refractivity (Wildman–Crippen MR) is 126 cm³/mol. The van der Waals surface area contributed by atoms with E-state index < -0.39 is 29.3 Å². The van der Waals surface area contributed by atoms with Gasteiger partial charge in [-0.2, -0.15) is 26.3 Å². The van der Waals surface area contributed by atoms with Crippen molar-refractivity contribution in [3.8, 4) is 0 Å². The molecule has 0 aliphatic carbocycles. The zero-order chi connectivity index (χ0) is 26.8. The average Bonchev–Trinajstić information content (AvgIpc) is 2.83. The van der Waals surface area contributed by atoms with E-state index >= 15 is 0 Å². The van der Waals surface area contributed by atoms with Crippen LogP contribution in [0.4, 0.5) is 30.7 Å². The Labute approximate surface area is 208 Å². The van der Waals surface area contributed by atoms with Crippen molar-refractivity contribution in [3.63, 3.8) is 0 Å². The van der Waals surface area contributed by atoms with Gasteiger partial charge < -0.3 is 0 Å². The standard InChI is InChI=1S/C28H20F7NO/c29-25-11-5-20(6-12-25)15-36-16-21(13-18-1-7-23(8-2-18)27(30,31)32)26(37)22(17-36)14-19-3-9-24(10-4-19)28(33,34)35/h1-14H,15-17H2. The molecule has 2 nitrogen and oxygen atoms in total. The molecule has 9 heteroatoms. The van der Waals surface area contributed by atoms with Crippen LogP contribution in [0.25, 0.3) is 12.2 Å². The highest BCUT2D eigenvalue weighted by Crippen LogP contribution is 2.31. The molecule has 3 aromatic rings. The SMILES string of the molecule is O=C1C(=Cc2ccc(C(F)(F)F)cc2)CN(Cc2ccc(F)cc2)CC1=Cc1ccc(C(F)(F)F)cc1. The van der Waals surface area contributed by atoms with Gasteiger partial charge in [0.1, 0.15) is 5.82 Å². The van der Waals surface area contributed by atoms with E-state index in [9.17, 15) is 35.5 Å². The molecular weight excluding hydrogens is 499 g/mol. The van der Waals surface area contributed by atoms with Crippen LogP contribution in [0.2, 0.25) is 0 Å². The first-order valence-electron chi connectivity index (χ1n) is 11.2. The van der Waals surface area contributed by atoms with Gasteiger partial charge in [0.25, 0.3) is 0 Å². The van der Waals surface area contributed by atoms with Gasteiger partial charge in [-0.25, -0.2) is 4.39 Å². The van der Waals surface area contributed by atoms with Crippen LogP contribution in [-0.4, -0.2) is 23.8 Å². The van der Waals surface area contributed by atoms with E-state index in [1.165, 1.54) is 48.6 Å². The van der Waals surface area contributed by atoms with Crippen LogP contribution in [0.3, 0.4) is 0 Å². The minimum Gasteiger partial charge on any atom is -0.290 e. The van der Waals surface area contributed by atoms with Crippen LogP contribution in [0.15, 0.2) is 83.9 Å². The average molecular weight is 519 g/mol. The number of halogens is 7. The van der Waals surface area contributed by atoms with Crippen molar-refractivity contribution in [1.82, 2.24) is 4.90 Å². The summed E-state index contributed by atoms with van der Waals surface area (Å²) >= 11 is 0. The molecule has 0 aromatic heterocycles. The number of nitrogens with zero attached hydrogens (tertiary/aromatic N) is 1. The summed E-state index contributed by atoms with van der Waals surface area (Å²) < 4.78 is 90.7.